The highest BCUT2D eigenvalue weighted by Crippen LogP contribution is 2.70. The minimum atomic E-state index is 0.697. The van der Waals surface area contributed by atoms with Crippen molar-refractivity contribution >= 4 is 0 Å². The smallest absolute Gasteiger partial charge is 0.0210 e. The summed E-state index contributed by atoms with van der Waals surface area (Å²) in [6.45, 7) is 5.15. The van der Waals surface area contributed by atoms with Crippen LogP contribution in [0.2, 0.25) is 0 Å². The summed E-state index contributed by atoms with van der Waals surface area (Å²) in [5.41, 5.74) is 2.29. The third kappa shape index (κ3) is 2.17. The van der Waals surface area contributed by atoms with Gasteiger partial charge in [-0.25, -0.2) is 0 Å². The molecule has 0 spiro atoms. The van der Waals surface area contributed by atoms with Crippen molar-refractivity contribution in [2.24, 2.45) is 46.8 Å². The molecule has 7 unspecified atom stereocenters. The van der Waals surface area contributed by atoms with E-state index < -0.39 is 0 Å². The Morgan fingerprint density at radius 1 is 0.917 bits per heavy atom. The minimum Gasteiger partial charge on any atom is -0.0622 e. The zero-order valence-electron chi connectivity index (χ0n) is 15.6. The first kappa shape index (κ1) is 15.5. The maximum atomic E-state index is 2.58. The summed E-state index contributed by atoms with van der Waals surface area (Å²) >= 11 is 0. The molecule has 7 atom stereocenters. The standard InChI is InChI=1S/C24H34/c1-16(2)24-15-19-11-20-9-8-18(13-22(20)24)14-23(24)21(12-19)10-17-6-4-3-5-7-17/h3-7,16,18-23H,8-15H2,1-2H3. The van der Waals surface area contributed by atoms with E-state index in [4.69, 9.17) is 0 Å². The van der Waals surface area contributed by atoms with Crippen LogP contribution in [-0.2, 0) is 6.42 Å². The SMILES string of the molecule is CC(C)C12CC3CC4CCC(CC41)CC2C(Cc1ccccc1)C3. The van der Waals surface area contributed by atoms with Crippen LogP contribution in [0.5, 0.6) is 0 Å². The predicted molar refractivity (Wildman–Crippen MR) is 101 cm³/mol. The molecule has 1 aromatic carbocycles. The molecule has 0 aliphatic heterocycles. The average molecular weight is 323 g/mol. The summed E-state index contributed by atoms with van der Waals surface area (Å²) in [6, 6.07) is 11.4. The molecule has 0 heteroatoms. The second-order valence-corrected chi connectivity index (χ2v) is 10.1. The van der Waals surface area contributed by atoms with Crippen molar-refractivity contribution in [1.29, 1.82) is 0 Å². The Morgan fingerprint density at radius 2 is 1.71 bits per heavy atom. The number of rotatable bonds is 3. The third-order valence-electron chi connectivity index (χ3n) is 8.97. The van der Waals surface area contributed by atoms with Crippen molar-refractivity contribution in [3.05, 3.63) is 35.9 Å². The molecule has 5 rings (SSSR count). The van der Waals surface area contributed by atoms with Crippen LogP contribution in [0, 0.1) is 46.8 Å². The van der Waals surface area contributed by atoms with Gasteiger partial charge in [-0.3, -0.25) is 0 Å². The molecule has 0 nitrogen and oxygen atoms in total. The highest BCUT2D eigenvalue weighted by molar-refractivity contribution is 5.18. The topological polar surface area (TPSA) is 0 Å². The maximum absolute atomic E-state index is 2.58. The number of fused-ring (bicyclic) bond motifs is 2. The number of benzene rings is 1. The van der Waals surface area contributed by atoms with E-state index in [0.717, 1.165) is 41.4 Å². The van der Waals surface area contributed by atoms with Gasteiger partial charge in [0.1, 0.15) is 0 Å². The Bertz CT molecular complexity index is 587. The fraction of sp³-hybridized carbons (Fsp3) is 0.750. The van der Waals surface area contributed by atoms with Crippen molar-refractivity contribution in [3.63, 3.8) is 0 Å². The van der Waals surface area contributed by atoms with E-state index in [1.807, 2.05) is 0 Å². The molecule has 0 saturated heterocycles. The van der Waals surface area contributed by atoms with Crippen LogP contribution in [0.15, 0.2) is 30.3 Å². The molecule has 4 aliphatic rings. The summed E-state index contributed by atoms with van der Waals surface area (Å²) in [5.74, 6) is 7.12. The fourth-order valence-corrected chi connectivity index (χ4v) is 8.28. The van der Waals surface area contributed by atoms with E-state index >= 15 is 0 Å². The molecule has 4 bridgehead atoms. The van der Waals surface area contributed by atoms with Crippen LogP contribution in [0.4, 0.5) is 0 Å². The van der Waals surface area contributed by atoms with E-state index in [9.17, 15) is 0 Å². The lowest BCUT2D eigenvalue weighted by molar-refractivity contribution is -0.185. The second-order valence-electron chi connectivity index (χ2n) is 10.1. The molecule has 0 radical (unpaired) electrons. The molecule has 130 valence electrons. The Hall–Kier alpha value is -0.780. The van der Waals surface area contributed by atoms with E-state index in [2.05, 4.69) is 44.2 Å². The molecule has 24 heavy (non-hydrogen) atoms. The van der Waals surface area contributed by atoms with Gasteiger partial charge in [-0.05, 0) is 97.3 Å². The lowest BCUT2D eigenvalue weighted by Crippen LogP contribution is -2.60. The molecular weight excluding hydrogens is 288 g/mol. The lowest BCUT2D eigenvalue weighted by atomic mass is 9.37. The zero-order chi connectivity index (χ0) is 16.3. The molecule has 4 fully saturated rings. The van der Waals surface area contributed by atoms with Crippen molar-refractivity contribution in [2.45, 2.75) is 65.2 Å². The number of hydrogen-bond donors (Lipinski definition) is 0. The van der Waals surface area contributed by atoms with Crippen LogP contribution in [0.3, 0.4) is 0 Å². The molecular formula is C24H34. The van der Waals surface area contributed by atoms with Crippen molar-refractivity contribution in [1.82, 2.24) is 0 Å². The van der Waals surface area contributed by atoms with Crippen LogP contribution in [0.1, 0.15) is 64.4 Å². The average Bonchev–Trinajstić information content (AvgIpc) is 2.60. The zero-order valence-corrected chi connectivity index (χ0v) is 15.6. The maximum Gasteiger partial charge on any atom is -0.0210 e. The van der Waals surface area contributed by atoms with Gasteiger partial charge < -0.3 is 0 Å². The van der Waals surface area contributed by atoms with Gasteiger partial charge in [0.2, 0.25) is 0 Å². The Balaban J connectivity index is 1.53. The van der Waals surface area contributed by atoms with Crippen LogP contribution >= 0.6 is 0 Å². The summed E-state index contributed by atoms with van der Waals surface area (Å²) < 4.78 is 0. The predicted octanol–water partition coefficient (Wildman–Crippen LogP) is 6.35. The van der Waals surface area contributed by atoms with Crippen LogP contribution in [-0.4, -0.2) is 0 Å². The van der Waals surface area contributed by atoms with Gasteiger partial charge in [0, 0.05) is 0 Å². The van der Waals surface area contributed by atoms with Gasteiger partial charge in [0.25, 0.3) is 0 Å². The van der Waals surface area contributed by atoms with Gasteiger partial charge in [0.15, 0.2) is 0 Å². The second kappa shape index (κ2) is 5.61. The highest BCUT2D eigenvalue weighted by Gasteiger charge is 2.62. The van der Waals surface area contributed by atoms with Crippen molar-refractivity contribution < 1.29 is 0 Å². The van der Waals surface area contributed by atoms with E-state index in [1.165, 1.54) is 12.8 Å². The Kier molecular flexibility index (Phi) is 3.62. The summed E-state index contributed by atoms with van der Waals surface area (Å²) in [4.78, 5) is 0. The quantitative estimate of drug-likeness (QED) is 0.608. The molecule has 0 amide bonds. The van der Waals surface area contributed by atoms with Gasteiger partial charge in [-0.2, -0.15) is 0 Å². The molecule has 4 aliphatic carbocycles. The minimum absolute atomic E-state index is 0.697. The fourth-order valence-electron chi connectivity index (χ4n) is 8.28. The third-order valence-corrected chi connectivity index (χ3v) is 8.97. The largest absolute Gasteiger partial charge is 0.0622 e. The molecule has 0 aromatic heterocycles. The molecule has 0 heterocycles. The van der Waals surface area contributed by atoms with E-state index in [-0.39, 0.29) is 0 Å². The van der Waals surface area contributed by atoms with E-state index in [0.29, 0.717) is 5.41 Å². The first-order valence-corrected chi connectivity index (χ1v) is 10.7. The summed E-state index contributed by atoms with van der Waals surface area (Å²) in [5, 5.41) is 0. The van der Waals surface area contributed by atoms with E-state index in [1.54, 1.807) is 44.1 Å². The van der Waals surface area contributed by atoms with Crippen LogP contribution < -0.4 is 0 Å². The van der Waals surface area contributed by atoms with Crippen molar-refractivity contribution in [3.8, 4) is 0 Å². The van der Waals surface area contributed by atoms with Gasteiger partial charge in [-0.1, -0.05) is 50.6 Å². The van der Waals surface area contributed by atoms with Gasteiger partial charge >= 0.3 is 0 Å². The lowest BCUT2D eigenvalue weighted by Gasteiger charge is -2.68. The van der Waals surface area contributed by atoms with Crippen LogP contribution in [0.25, 0.3) is 0 Å². The molecule has 4 saturated carbocycles. The monoisotopic (exact) mass is 322 g/mol. The molecule has 1 aromatic rings. The van der Waals surface area contributed by atoms with Crippen molar-refractivity contribution in [2.75, 3.05) is 0 Å². The van der Waals surface area contributed by atoms with Gasteiger partial charge in [-0.15, -0.1) is 0 Å². The normalized spacial score (nSPS) is 46.3. The molecule has 0 N–H and O–H groups in total. The Morgan fingerprint density at radius 3 is 2.50 bits per heavy atom. The van der Waals surface area contributed by atoms with Gasteiger partial charge in [0.05, 0.1) is 0 Å². The highest BCUT2D eigenvalue weighted by atomic mass is 14.7. The Labute approximate surface area is 148 Å². The summed E-state index contributed by atoms with van der Waals surface area (Å²) in [6.07, 6.45) is 12.3. The first-order valence-electron chi connectivity index (χ1n) is 10.7. The first-order chi connectivity index (χ1) is 11.7. The summed E-state index contributed by atoms with van der Waals surface area (Å²) in [7, 11) is 0. The number of hydrogen-bond acceptors (Lipinski definition) is 0.